The average molecular weight is 207 g/mol. The van der Waals surface area contributed by atoms with Gasteiger partial charge >= 0.3 is 0 Å². The molecule has 4 heteroatoms. The van der Waals surface area contributed by atoms with Gasteiger partial charge in [-0.3, -0.25) is 0 Å². The highest BCUT2D eigenvalue weighted by atomic mass is 19.1. The van der Waals surface area contributed by atoms with Crippen LogP contribution in [0.1, 0.15) is 25.0 Å². The zero-order valence-corrected chi connectivity index (χ0v) is 9.16. The van der Waals surface area contributed by atoms with E-state index in [2.05, 4.69) is 23.9 Å². The predicted molar refractivity (Wildman–Crippen MR) is 58.5 cm³/mol. The van der Waals surface area contributed by atoms with E-state index >= 15 is 0 Å². The number of halogens is 1. The standard InChI is InChI=1S/C11H14FN3/c1-7(2)4-9-5-8(3)11(14-15-13)10(12)6-9/h5-7H,4H2,1-3H3. The summed E-state index contributed by atoms with van der Waals surface area (Å²) in [4.78, 5) is 2.60. The third kappa shape index (κ3) is 2.96. The van der Waals surface area contributed by atoms with Gasteiger partial charge in [-0.15, -0.1) is 0 Å². The van der Waals surface area contributed by atoms with Gasteiger partial charge in [0, 0.05) is 4.91 Å². The zero-order valence-electron chi connectivity index (χ0n) is 9.16. The van der Waals surface area contributed by atoms with Crippen molar-refractivity contribution in [2.45, 2.75) is 27.2 Å². The van der Waals surface area contributed by atoms with Crippen LogP contribution in [0.4, 0.5) is 10.1 Å². The van der Waals surface area contributed by atoms with Crippen molar-refractivity contribution in [2.75, 3.05) is 0 Å². The topological polar surface area (TPSA) is 48.8 Å². The van der Waals surface area contributed by atoms with Crippen molar-refractivity contribution < 1.29 is 4.39 Å². The molecule has 0 spiro atoms. The molecule has 80 valence electrons. The smallest absolute Gasteiger partial charge is 0.133 e. The fourth-order valence-corrected chi connectivity index (χ4v) is 1.57. The number of rotatable bonds is 3. The van der Waals surface area contributed by atoms with Crippen LogP contribution < -0.4 is 0 Å². The van der Waals surface area contributed by atoms with E-state index in [1.165, 1.54) is 6.07 Å². The van der Waals surface area contributed by atoms with E-state index in [1.807, 2.05) is 6.07 Å². The van der Waals surface area contributed by atoms with E-state index < -0.39 is 5.82 Å². The summed E-state index contributed by atoms with van der Waals surface area (Å²) in [5.74, 6) is 0.0394. The largest absolute Gasteiger partial charge is 0.206 e. The Kier molecular flexibility index (Phi) is 3.69. The lowest BCUT2D eigenvalue weighted by Gasteiger charge is -2.08. The molecule has 3 nitrogen and oxygen atoms in total. The van der Waals surface area contributed by atoms with Crippen molar-refractivity contribution in [3.63, 3.8) is 0 Å². The summed E-state index contributed by atoms with van der Waals surface area (Å²) in [5, 5.41) is 3.33. The van der Waals surface area contributed by atoms with E-state index in [-0.39, 0.29) is 5.69 Å². The first kappa shape index (κ1) is 11.5. The second kappa shape index (κ2) is 4.80. The maximum Gasteiger partial charge on any atom is 0.133 e. The number of benzene rings is 1. The molecule has 0 bridgehead atoms. The summed E-state index contributed by atoms with van der Waals surface area (Å²) in [7, 11) is 0. The van der Waals surface area contributed by atoms with Crippen molar-refractivity contribution in [3.8, 4) is 0 Å². The van der Waals surface area contributed by atoms with E-state index in [0.29, 0.717) is 11.5 Å². The van der Waals surface area contributed by atoms with Crippen LogP contribution in [0.15, 0.2) is 17.2 Å². The molecule has 0 aromatic heterocycles. The van der Waals surface area contributed by atoms with Gasteiger partial charge in [-0.1, -0.05) is 25.0 Å². The lowest BCUT2D eigenvalue weighted by atomic mass is 10.0. The molecule has 0 N–H and O–H groups in total. The fraction of sp³-hybridized carbons (Fsp3) is 0.455. The molecule has 1 aromatic rings. The average Bonchev–Trinajstić information content (AvgIpc) is 2.10. The number of azide groups is 1. The van der Waals surface area contributed by atoms with Gasteiger partial charge in [0.15, 0.2) is 0 Å². The van der Waals surface area contributed by atoms with Crippen LogP contribution in [-0.4, -0.2) is 0 Å². The molecule has 0 saturated heterocycles. The Hall–Kier alpha value is -1.54. The van der Waals surface area contributed by atoms with Gasteiger partial charge < -0.3 is 0 Å². The molecular weight excluding hydrogens is 193 g/mol. The lowest BCUT2D eigenvalue weighted by molar-refractivity contribution is 0.613. The number of nitrogens with zero attached hydrogens (tertiary/aromatic N) is 3. The highest BCUT2D eigenvalue weighted by Gasteiger charge is 2.07. The van der Waals surface area contributed by atoms with Gasteiger partial charge in [-0.25, -0.2) is 4.39 Å². The normalized spacial score (nSPS) is 10.2. The number of hydrogen-bond donors (Lipinski definition) is 0. The molecule has 0 atom stereocenters. The Balaban J connectivity index is 3.13. The van der Waals surface area contributed by atoms with Crippen LogP contribution >= 0.6 is 0 Å². The molecule has 1 aromatic carbocycles. The van der Waals surface area contributed by atoms with Gasteiger partial charge in [0.25, 0.3) is 0 Å². The molecule has 0 aliphatic heterocycles. The Morgan fingerprint density at radius 2 is 2.13 bits per heavy atom. The van der Waals surface area contributed by atoms with Crippen LogP contribution in [0.3, 0.4) is 0 Å². The number of hydrogen-bond acceptors (Lipinski definition) is 1. The summed E-state index contributed by atoms with van der Waals surface area (Å²) in [6, 6.07) is 3.31. The lowest BCUT2D eigenvalue weighted by Crippen LogP contribution is -1.96. The minimum Gasteiger partial charge on any atom is -0.206 e. The molecule has 0 amide bonds. The van der Waals surface area contributed by atoms with Crippen LogP contribution in [0.25, 0.3) is 10.4 Å². The maximum atomic E-state index is 13.5. The van der Waals surface area contributed by atoms with E-state index in [4.69, 9.17) is 5.53 Å². The quantitative estimate of drug-likeness (QED) is 0.403. The van der Waals surface area contributed by atoms with Crippen LogP contribution in [0.5, 0.6) is 0 Å². The highest BCUT2D eigenvalue weighted by Crippen LogP contribution is 2.25. The third-order valence-electron chi connectivity index (χ3n) is 2.10. The van der Waals surface area contributed by atoms with Gasteiger partial charge in [-0.2, -0.15) is 0 Å². The van der Waals surface area contributed by atoms with Gasteiger partial charge in [-0.05, 0) is 42.0 Å². The van der Waals surface area contributed by atoms with E-state index in [0.717, 1.165) is 12.0 Å². The molecule has 15 heavy (non-hydrogen) atoms. The summed E-state index contributed by atoms with van der Waals surface area (Å²) in [6.07, 6.45) is 0.828. The minimum atomic E-state index is -0.441. The van der Waals surface area contributed by atoms with E-state index in [1.54, 1.807) is 6.92 Å². The Labute approximate surface area is 88.6 Å². The fourth-order valence-electron chi connectivity index (χ4n) is 1.57. The first-order valence-corrected chi connectivity index (χ1v) is 4.88. The van der Waals surface area contributed by atoms with Gasteiger partial charge in [0.05, 0.1) is 5.69 Å². The molecule has 0 unspecified atom stereocenters. The third-order valence-corrected chi connectivity index (χ3v) is 2.10. The molecule has 0 heterocycles. The molecule has 0 aliphatic carbocycles. The minimum absolute atomic E-state index is 0.102. The predicted octanol–water partition coefficient (Wildman–Crippen LogP) is 4.27. The monoisotopic (exact) mass is 207 g/mol. The second-order valence-electron chi connectivity index (χ2n) is 4.03. The summed E-state index contributed by atoms with van der Waals surface area (Å²) in [6.45, 7) is 5.90. The van der Waals surface area contributed by atoms with Crippen LogP contribution in [0.2, 0.25) is 0 Å². The van der Waals surface area contributed by atoms with Crippen LogP contribution in [-0.2, 0) is 6.42 Å². The molecule has 0 fully saturated rings. The Morgan fingerprint density at radius 3 is 2.60 bits per heavy atom. The highest BCUT2D eigenvalue weighted by molar-refractivity contribution is 5.48. The first-order chi connectivity index (χ1) is 7.04. The summed E-state index contributed by atoms with van der Waals surface area (Å²) < 4.78 is 13.5. The Bertz CT molecular complexity index is 383. The molecule has 1 rings (SSSR count). The van der Waals surface area contributed by atoms with E-state index in [9.17, 15) is 4.39 Å². The van der Waals surface area contributed by atoms with Crippen molar-refractivity contribution in [3.05, 3.63) is 39.5 Å². The molecule has 0 radical (unpaired) electrons. The van der Waals surface area contributed by atoms with Crippen molar-refractivity contribution in [1.29, 1.82) is 0 Å². The zero-order chi connectivity index (χ0) is 11.4. The number of aryl methyl sites for hydroxylation is 1. The summed E-state index contributed by atoms with van der Waals surface area (Å²) >= 11 is 0. The van der Waals surface area contributed by atoms with Gasteiger partial charge in [0.1, 0.15) is 5.82 Å². The molecule has 0 saturated carbocycles. The van der Waals surface area contributed by atoms with Crippen molar-refractivity contribution in [1.82, 2.24) is 0 Å². The second-order valence-corrected chi connectivity index (χ2v) is 4.03. The summed E-state index contributed by atoms with van der Waals surface area (Å²) in [5.41, 5.74) is 10.0. The maximum absolute atomic E-state index is 13.5. The SMILES string of the molecule is Cc1cc(CC(C)C)cc(F)c1N=[N+]=[N-]. The van der Waals surface area contributed by atoms with Crippen molar-refractivity contribution >= 4 is 5.69 Å². The Morgan fingerprint density at radius 1 is 1.47 bits per heavy atom. The molecule has 0 aliphatic rings. The first-order valence-electron chi connectivity index (χ1n) is 4.88. The van der Waals surface area contributed by atoms with Gasteiger partial charge in [0.2, 0.25) is 0 Å². The van der Waals surface area contributed by atoms with Crippen LogP contribution in [0, 0.1) is 18.7 Å². The van der Waals surface area contributed by atoms with Crippen molar-refractivity contribution in [2.24, 2.45) is 11.0 Å². The molecular formula is C11H14FN3.